The molecule has 2 N–H and O–H groups in total. The van der Waals surface area contributed by atoms with Crippen LogP contribution in [0.4, 0.5) is 20.3 Å². The number of carbonyl (C=O) groups is 1. The molecule has 0 bridgehead atoms. The number of hydrogen-bond donors (Lipinski definition) is 2. The van der Waals surface area contributed by atoms with Gasteiger partial charge in [-0.05, 0) is 26.0 Å². The first-order valence-electron chi connectivity index (χ1n) is 9.38. The molecule has 0 unspecified atom stereocenters. The molecule has 0 saturated carbocycles. The Morgan fingerprint density at radius 2 is 2.24 bits per heavy atom. The summed E-state index contributed by atoms with van der Waals surface area (Å²) in [7, 11) is 1.52. The van der Waals surface area contributed by atoms with Gasteiger partial charge in [0.05, 0.1) is 11.9 Å². The van der Waals surface area contributed by atoms with Gasteiger partial charge in [-0.3, -0.25) is 9.48 Å². The number of nitrogens with one attached hydrogen (secondary N) is 2. The number of aryl methyl sites for hydroxylation is 1. The van der Waals surface area contributed by atoms with Crippen molar-refractivity contribution in [1.29, 1.82) is 0 Å². The summed E-state index contributed by atoms with van der Waals surface area (Å²) in [5.41, 5.74) is 0.0664. The number of amides is 1. The molecular formula is C18H22F2N8O. The number of carbonyl (C=O) groups excluding carboxylic acids is 1. The molecule has 3 aromatic rings. The molecule has 3 aromatic heterocycles. The van der Waals surface area contributed by atoms with Gasteiger partial charge in [0.2, 0.25) is 0 Å². The van der Waals surface area contributed by atoms with Crippen molar-refractivity contribution < 1.29 is 13.6 Å². The van der Waals surface area contributed by atoms with E-state index in [0.29, 0.717) is 11.7 Å². The van der Waals surface area contributed by atoms with Crippen LogP contribution in [0.15, 0.2) is 24.7 Å². The number of aromatic nitrogens is 5. The van der Waals surface area contributed by atoms with E-state index in [1.54, 1.807) is 6.20 Å². The second-order valence-electron chi connectivity index (χ2n) is 7.12. The first kappa shape index (κ1) is 19.2. The van der Waals surface area contributed by atoms with E-state index < -0.39 is 18.0 Å². The molecule has 1 saturated heterocycles. The largest absolute Gasteiger partial charge is 0.355 e. The van der Waals surface area contributed by atoms with Gasteiger partial charge in [-0.2, -0.15) is 10.2 Å². The Kier molecular flexibility index (Phi) is 5.14. The van der Waals surface area contributed by atoms with Crippen molar-refractivity contribution in [3.8, 4) is 0 Å². The molecule has 29 heavy (non-hydrogen) atoms. The number of halogens is 2. The lowest BCUT2D eigenvalue weighted by atomic mass is 10.3. The maximum absolute atomic E-state index is 13.1. The number of rotatable bonds is 4. The van der Waals surface area contributed by atoms with Gasteiger partial charge in [0.1, 0.15) is 11.4 Å². The molecule has 0 radical (unpaired) electrons. The van der Waals surface area contributed by atoms with Crippen LogP contribution in [-0.2, 0) is 7.05 Å². The zero-order chi connectivity index (χ0) is 20.5. The second kappa shape index (κ2) is 7.74. The number of alkyl halides is 2. The quantitative estimate of drug-likeness (QED) is 0.690. The lowest BCUT2D eigenvalue weighted by molar-refractivity contribution is 0.102. The summed E-state index contributed by atoms with van der Waals surface area (Å²) in [6.45, 7) is 4.71. The number of anilines is 2. The minimum Gasteiger partial charge on any atom is -0.355 e. The molecule has 1 amide bonds. The summed E-state index contributed by atoms with van der Waals surface area (Å²) in [6.07, 6.45) is 2.66. The van der Waals surface area contributed by atoms with Crippen LogP contribution in [0.2, 0.25) is 0 Å². The molecule has 1 fully saturated rings. The molecular weight excluding hydrogens is 382 g/mol. The summed E-state index contributed by atoms with van der Waals surface area (Å²) in [5, 5.41) is 13.8. The van der Waals surface area contributed by atoms with E-state index in [1.165, 1.54) is 28.6 Å². The molecule has 9 nitrogen and oxygen atoms in total. The topological polar surface area (TPSA) is 92.4 Å². The van der Waals surface area contributed by atoms with Crippen LogP contribution in [0, 0.1) is 0 Å². The smallest absolute Gasteiger partial charge is 0.284 e. The Labute approximate surface area is 165 Å². The van der Waals surface area contributed by atoms with E-state index in [0.717, 1.165) is 31.9 Å². The fourth-order valence-electron chi connectivity index (χ4n) is 3.46. The summed E-state index contributed by atoms with van der Waals surface area (Å²) in [6, 6.07) is 2.18. The van der Waals surface area contributed by atoms with Gasteiger partial charge in [-0.15, -0.1) is 0 Å². The molecule has 4 heterocycles. The first-order valence-corrected chi connectivity index (χ1v) is 9.38. The Balaban J connectivity index is 1.63. The molecule has 154 valence electrons. The van der Waals surface area contributed by atoms with Crippen molar-refractivity contribution in [3.63, 3.8) is 0 Å². The lowest BCUT2D eigenvalue weighted by Crippen LogP contribution is -2.35. The van der Waals surface area contributed by atoms with Gasteiger partial charge in [-0.25, -0.2) is 18.3 Å². The first-order chi connectivity index (χ1) is 13.9. The van der Waals surface area contributed by atoms with E-state index >= 15 is 0 Å². The minimum absolute atomic E-state index is 0.0320. The number of fused-ring (bicyclic) bond motifs is 1. The third-order valence-corrected chi connectivity index (χ3v) is 4.83. The zero-order valence-electron chi connectivity index (χ0n) is 16.1. The predicted molar refractivity (Wildman–Crippen MR) is 103 cm³/mol. The highest BCUT2D eigenvalue weighted by Crippen LogP contribution is 2.26. The highest BCUT2D eigenvalue weighted by atomic mass is 19.3. The van der Waals surface area contributed by atoms with Crippen LogP contribution < -0.4 is 15.5 Å². The molecule has 0 aromatic carbocycles. The zero-order valence-corrected chi connectivity index (χ0v) is 16.1. The van der Waals surface area contributed by atoms with Crippen LogP contribution in [0.5, 0.6) is 0 Å². The van der Waals surface area contributed by atoms with E-state index in [-0.39, 0.29) is 11.3 Å². The van der Waals surface area contributed by atoms with E-state index in [4.69, 9.17) is 0 Å². The van der Waals surface area contributed by atoms with Crippen LogP contribution in [0.25, 0.3) is 5.65 Å². The highest BCUT2D eigenvalue weighted by Gasteiger charge is 2.23. The van der Waals surface area contributed by atoms with Gasteiger partial charge in [0, 0.05) is 38.6 Å². The van der Waals surface area contributed by atoms with E-state index in [2.05, 4.69) is 37.6 Å². The van der Waals surface area contributed by atoms with Gasteiger partial charge in [0.15, 0.2) is 11.3 Å². The Hall–Kier alpha value is -3.08. The maximum Gasteiger partial charge on any atom is 0.284 e. The Bertz CT molecular complexity index is 1030. The number of hydrogen-bond acceptors (Lipinski definition) is 6. The van der Waals surface area contributed by atoms with E-state index in [9.17, 15) is 13.6 Å². The van der Waals surface area contributed by atoms with Gasteiger partial charge in [-0.1, -0.05) is 0 Å². The second-order valence-corrected chi connectivity index (χ2v) is 7.12. The van der Waals surface area contributed by atoms with Crippen molar-refractivity contribution >= 4 is 23.1 Å². The summed E-state index contributed by atoms with van der Waals surface area (Å²) < 4.78 is 29.0. The lowest BCUT2D eigenvalue weighted by Gasteiger charge is -2.23. The van der Waals surface area contributed by atoms with Gasteiger partial charge >= 0.3 is 0 Å². The molecule has 1 atom stereocenters. The fraction of sp³-hybridized carbons (Fsp3) is 0.444. The molecule has 11 heteroatoms. The standard InChI is InChI=1S/C18H22F2N8O/c1-11-9-27(6-3-5-21-11)14-4-7-28-17(24-14)12(8-22-28)18(29)23-13-10-26(2)25-15(13)16(19)20/h4,7-8,10-11,16,21H,3,5-6,9H2,1-2H3,(H,23,29)/t11-/m1/s1. The SMILES string of the molecule is C[C@@H]1CN(c2ccn3ncc(C(=O)Nc4cn(C)nc4C(F)F)c3n2)CCCN1. The van der Waals surface area contributed by atoms with Crippen molar-refractivity contribution in [1.82, 2.24) is 29.7 Å². The highest BCUT2D eigenvalue weighted by molar-refractivity contribution is 6.08. The normalized spacial score (nSPS) is 17.7. The third-order valence-electron chi connectivity index (χ3n) is 4.83. The molecule has 1 aliphatic heterocycles. The summed E-state index contributed by atoms with van der Waals surface area (Å²) in [4.78, 5) is 19.5. The molecule has 1 aliphatic rings. The maximum atomic E-state index is 13.1. The predicted octanol–water partition coefficient (Wildman–Crippen LogP) is 1.84. The molecule has 0 spiro atoms. The van der Waals surface area contributed by atoms with Crippen molar-refractivity contribution in [2.45, 2.75) is 25.8 Å². The Morgan fingerprint density at radius 3 is 3.03 bits per heavy atom. The molecule has 0 aliphatic carbocycles. The van der Waals surface area contributed by atoms with Crippen molar-refractivity contribution in [2.24, 2.45) is 7.05 Å². The molecule has 4 rings (SSSR count). The fourth-order valence-corrected chi connectivity index (χ4v) is 3.46. The van der Waals surface area contributed by atoms with Gasteiger partial charge in [0.25, 0.3) is 12.3 Å². The van der Waals surface area contributed by atoms with Gasteiger partial charge < -0.3 is 15.5 Å². The average Bonchev–Trinajstić information content (AvgIpc) is 3.19. The third kappa shape index (κ3) is 3.90. The Morgan fingerprint density at radius 1 is 1.41 bits per heavy atom. The van der Waals surface area contributed by atoms with Crippen molar-refractivity contribution in [3.05, 3.63) is 35.9 Å². The van der Waals surface area contributed by atoms with Crippen molar-refractivity contribution in [2.75, 3.05) is 29.9 Å². The number of nitrogens with zero attached hydrogens (tertiary/aromatic N) is 6. The average molecular weight is 404 g/mol. The van der Waals surface area contributed by atoms with Crippen LogP contribution >= 0.6 is 0 Å². The minimum atomic E-state index is -2.79. The summed E-state index contributed by atoms with van der Waals surface area (Å²) in [5.74, 6) is 0.183. The monoisotopic (exact) mass is 404 g/mol. The van der Waals surface area contributed by atoms with Crippen LogP contribution in [0.3, 0.4) is 0 Å². The van der Waals surface area contributed by atoms with E-state index in [1.807, 2.05) is 6.07 Å². The van der Waals surface area contributed by atoms with Crippen LogP contribution in [0.1, 0.15) is 35.8 Å². The van der Waals surface area contributed by atoms with Crippen LogP contribution in [-0.4, -0.2) is 56.0 Å². The summed E-state index contributed by atoms with van der Waals surface area (Å²) >= 11 is 0.